The molecule has 0 amide bonds. The van der Waals surface area contributed by atoms with E-state index < -0.39 is 34.5 Å². The molecule has 112 valence electrons. The predicted octanol–water partition coefficient (Wildman–Crippen LogP) is 1.29. The molecule has 1 aromatic rings. The minimum atomic E-state index is -2.12. The lowest BCUT2D eigenvalue weighted by molar-refractivity contribution is -0.162. The zero-order valence-corrected chi connectivity index (χ0v) is 11.8. The van der Waals surface area contributed by atoms with Crippen molar-refractivity contribution in [1.82, 2.24) is 0 Å². The fraction of sp³-hybridized carbons (Fsp3) is 0.333. The maximum Gasteiger partial charge on any atom is 0.326 e. The zero-order chi connectivity index (χ0) is 16.5. The first kappa shape index (κ1) is 15.5. The SMILES string of the molecule is COC(=O)C1(C(=O)OC)C(c2cccc(F)c2)C1(C#N)C#N. The minimum Gasteiger partial charge on any atom is -0.468 e. The highest BCUT2D eigenvalue weighted by atomic mass is 19.1. The van der Waals surface area contributed by atoms with Gasteiger partial charge in [-0.15, -0.1) is 0 Å². The Balaban J connectivity index is 2.71. The highest BCUT2D eigenvalue weighted by Gasteiger charge is 2.89. The van der Waals surface area contributed by atoms with E-state index in [-0.39, 0.29) is 5.56 Å². The number of nitriles is 2. The van der Waals surface area contributed by atoms with E-state index in [1.807, 2.05) is 0 Å². The number of hydrogen-bond acceptors (Lipinski definition) is 6. The number of ether oxygens (including phenoxy) is 2. The molecule has 0 heterocycles. The van der Waals surface area contributed by atoms with Gasteiger partial charge in [0.2, 0.25) is 5.41 Å². The van der Waals surface area contributed by atoms with Gasteiger partial charge in [0.05, 0.1) is 26.4 Å². The van der Waals surface area contributed by atoms with Gasteiger partial charge in [0.1, 0.15) is 5.82 Å². The number of halogens is 1. The molecular weight excluding hydrogens is 291 g/mol. The van der Waals surface area contributed by atoms with Crippen molar-refractivity contribution in [2.45, 2.75) is 5.92 Å². The van der Waals surface area contributed by atoms with Gasteiger partial charge in [0, 0.05) is 5.92 Å². The Morgan fingerprint density at radius 3 is 2.14 bits per heavy atom. The molecule has 1 atom stereocenters. The van der Waals surface area contributed by atoms with Gasteiger partial charge in [-0.05, 0) is 17.7 Å². The van der Waals surface area contributed by atoms with E-state index in [1.54, 1.807) is 12.1 Å². The molecule has 1 saturated carbocycles. The lowest BCUT2D eigenvalue weighted by Gasteiger charge is -2.12. The maximum atomic E-state index is 13.4. The molecule has 1 unspecified atom stereocenters. The van der Waals surface area contributed by atoms with Crippen LogP contribution in [0.25, 0.3) is 0 Å². The summed E-state index contributed by atoms with van der Waals surface area (Å²) in [5, 5.41) is 18.8. The van der Waals surface area contributed by atoms with Crippen molar-refractivity contribution in [2.24, 2.45) is 10.8 Å². The van der Waals surface area contributed by atoms with Gasteiger partial charge >= 0.3 is 11.9 Å². The molecule has 0 aromatic heterocycles. The number of hydrogen-bond donors (Lipinski definition) is 0. The van der Waals surface area contributed by atoms with Crippen LogP contribution in [0.3, 0.4) is 0 Å². The molecule has 7 heteroatoms. The summed E-state index contributed by atoms with van der Waals surface area (Å²) in [4.78, 5) is 24.4. The van der Waals surface area contributed by atoms with Crippen LogP contribution in [0.4, 0.5) is 4.39 Å². The van der Waals surface area contributed by atoms with Gasteiger partial charge < -0.3 is 9.47 Å². The van der Waals surface area contributed by atoms with Gasteiger partial charge in [0.25, 0.3) is 0 Å². The van der Waals surface area contributed by atoms with Crippen LogP contribution in [-0.2, 0) is 19.1 Å². The summed E-state index contributed by atoms with van der Waals surface area (Å²) in [6, 6.07) is 8.45. The molecule has 0 N–H and O–H groups in total. The number of esters is 2. The van der Waals surface area contributed by atoms with Crippen LogP contribution in [0.5, 0.6) is 0 Å². The summed E-state index contributed by atoms with van der Waals surface area (Å²) >= 11 is 0. The first-order valence-electron chi connectivity index (χ1n) is 6.21. The van der Waals surface area contributed by atoms with Crippen molar-refractivity contribution >= 4 is 11.9 Å². The third kappa shape index (κ3) is 1.63. The largest absolute Gasteiger partial charge is 0.468 e. The summed E-state index contributed by atoms with van der Waals surface area (Å²) in [6.45, 7) is 0. The first-order chi connectivity index (χ1) is 10.5. The topological polar surface area (TPSA) is 100 Å². The minimum absolute atomic E-state index is 0.180. The quantitative estimate of drug-likeness (QED) is 0.616. The molecule has 0 spiro atoms. The summed E-state index contributed by atoms with van der Waals surface area (Å²) in [5.74, 6) is -3.89. The Kier molecular flexibility index (Phi) is 3.60. The van der Waals surface area contributed by atoms with E-state index >= 15 is 0 Å². The molecule has 1 aliphatic carbocycles. The zero-order valence-electron chi connectivity index (χ0n) is 11.8. The second kappa shape index (κ2) is 5.12. The van der Waals surface area contributed by atoms with Crippen molar-refractivity contribution in [3.63, 3.8) is 0 Å². The number of methoxy groups -OCH3 is 2. The van der Waals surface area contributed by atoms with E-state index in [1.165, 1.54) is 18.2 Å². The second-order valence-corrected chi connectivity index (χ2v) is 4.81. The van der Waals surface area contributed by atoms with Gasteiger partial charge in [-0.2, -0.15) is 10.5 Å². The van der Waals surface area contributed by atoms with Crippen LogP contribution in [0.1, 0.15) is 11.5 Å². The normalized spacial score (nSPS) is 20.1. The molecule has 0 bridgehead atoms. The average molecular weight is 302 g/mol. The number of benzene rings is 1. The van der Waals surface area contributed by atoms with Gasteiger partial charge in [-0.25, -0.2) is 4.39 Å². The fourth-order valence-corrected chi connectivity index (χ4v) is 2.95. The Hall–Kier alpha value is -2.93. The van der Waals surface area contributed by atoms with E-state index in [4.69, 9.17) is 0 Å². The van der Waals surface area contributed by atoms with Crippen molar-refractivity contribution in [2.75, 3.05) is 14.2 Å². The molecule has 1 aromatic carbocycles. The molecule has 22 heavy (non-hydrogen) atoms. The third-order valence-corrected chi connectivity index (χ3v) is 3.95. The van der Waals surface area contributed by atoms with Crippen LogP contribution < -0.4 is 0 Å². The molecule has 0 aliphatic heterocycles. The van der Waals surface area contributed by atoms with E-state index in [0.717, 1.165) is 20.3 Å². The van der Waals surface area contributed by atoms with Crippen LogP contribution >= 0.6 is 0 Å². The summed E-state index contributed by atoms with van der Waals surface area (Å²) < 4.78 is 22.6. The van der Waals surface area contributed by atoms with Gasteiger partial charge in [0.15, 0.2) is 5.41 Å². The standard InChI is InChI=1S/C15H11FN2O4/c1-21-12(19)15(13(20)22-2)11(14(15,7-17)8-18)9-4-3-5-10(16)6-9/h3-6,11H,1-2H3. The molecule has 1 fully saturated rings. The smallest absolute Gasteiger partial charge is 0.326 e. The lowest BCUT2D eigenvalue weighted by atomic mass is 9.95. The summed E-state index contributed by atoms with van der Waals surface area (Å²) in [5.41, 5.74) is -3.94. The Labute approximate surface area is 125 Å². The number of carbonyl (C=O) groups is 2. The van der Waals surface area contributed by atoms with Crippen molar-refractivity contribution < 1.29 is 23.5 Å². The van der Waals surface area contributed by atoms with Crippen LogP contribution in [0.2, 0.25) is 0 Å². The number of rotatable bonds is 3. The maximum absolute atomic E-state index is 13.4. The Morgan fingerprint density at radius 1 is 1.18 bits per heavy atom. The molecule has 1 aliphatic rings. The number of nitrogens with zero attached hydrogens (tertiary/aromatic N) is 2. The molecule has 0 radical (unpaired) electrons. The van der Waals surface area contributed by atoms with E-state index in [2.05, 4.69) is 9.47 Å². The molecular formula is C15H11FN2O4. The van der Waals surface area contributed by atoms with E-state index in [9.17, 15) is 24.5 Å². The second-order valence-electron chi connectivity index (χ2n) is 4.81. The van der Waals surface area contributed by atoms with Crippen LogP contribution in [0, 0.1) is 39.3 Å². The average Bonchev–Trinajstić information content (AvgIpc) is 3.18. The summed E-state index contributed by atoms with van der Waals surface area (Å²) in [6.07, 6.45) is 0. The first-order valence-corrected chi connectivity index (χ1v) is 6.21. The Morgan fingerprint density at radius 2 is 1.73 bits per heavy atom. The molecule has 0 saturated heterocycles. The van der Waals surface area contributed by atoms with Crippen molar-refractivity contribution in [3.8, 4) is 12.1 Å². The predicted molar refractivity (Wildman–Crippen MR) is 69.3 cm³/mol. The van der Waals surface area contributed by atoms with Crippen molar-refractivity contribution in [3.05, 3.63) is 35.6 Å². The highest BCUT2D eigenvalue weighted by molar-refractivity contribution is 6.09. The van der Waals surface area contributed by atoms with Gasteiger partial charge in [-0.3, -0.25) is 9.59 Å². The third-order valence-electron chi connectivity index (χ3n) is 3.95. The van der Waals surface area contributed by atoms with Crippen LogP contribution in [0.15, 0.2) is 24.3 Å². The van der Waals surface area contributed by atoms with Crippen molar-refractivity contribution in [1.29, 1.82) is 10.5 Å². The fourth-order valence-electron chi connectivity index (χ4n) is 2.95. The number of carbonyl (C=O) groups excluding carboxylic acids is 2. The van der Waals surface area contributed by atoms with Gasteiger partial charge in [-0.1, -0.05) is 12.1 Å². The lowest BCUT2D eigenvalue weighted by Crippen LogP contribution is -2.34. The molecule has 2 rings (SSSR count). The summed E-state index contributed by atoms with van der Waals surface area (Å²) in [7, 11) is 2.07. The highest BCUT2D eigenvalue weighted by Crippen LogP contribution is 2.74. The van der Waals surface area contributed by atoms with E-state index in [0.29, 0.717) is 0 Å². The monoisotopic (exact) mass is 302 g/mol. The van der Waals surface area contributed by atoms with Crippen LogP contribution in [-0.4, -0.2) is 26.2 Å². The Bertz CT molecular complexity index is 702. The molecule has 6 nitrogen and oxygen atoms in total.